The predicted molar refractivity (Wildman–Crippen MR) is 131 cm³/mol. The minimum Gasteiger partial charge on any atom is -0.339 e. The number of benzene rings is 3. The van der Waals surface area contributed by atoms with Crippen LogP contribution in [0.25, 0.3) is 0 Å². The van der Waals surface area contributed by atoms with Gasteiger partial charge in [0.15, 0.2) is 0 Å². The van der Waals surface area contributed by atoms with Crippen LogP contribution in [0.15, 0.2) is 72.8 Å². The molecule has 0 bridgehead atoms. The van der Waals surface area contributed by atoms with Gasteiger partial charge in [-0.2, -0.15) is 0 Å². The second-order valence-corrected chi connectivity index (χ2v) is 9.15. The van der Waals surface area contributed by atoms with E-state index in [9.17, 15) is 22.8 Å². The Bertz CT molecular complexity index is 1190. The van der Waals surface area contributed by atoms with E-state index in [4.69, 9.17) is 0 Å². The number of hydrogen-bond donors (Lipinski definition) is 0. The van der Waals surface area contributed by atoms with Crippen molar-refractivity contribution < 1.29 is 22.8 Å². The van der Waals surface area contributed by atoms with Crippen LogP contribution in [-0.4, -0.2) is 34.7 Å². The molecule has 1 saturated heterocycles. The van der Waals surface area contributed by atoms with E-state index in [-0.39, 0.29) is 42.0 Å². The van der Waals surface area contributed by atoms with Gasteiger partial charge in [-0.05, 0) is 78.9 Å². The van der Waals surface area contributed by atoms with Crippen LogP contribution in [0.2, 0.25) is 0 Å². The van der Waals surface area contributed by atoms with E-state index in [0.29, 0.717) is 43.5 Å². The summed E-state index contributed by atoms with van der Waals surface area (Å²) in [6.45, 7) is 3.01. The molecule has 0 N–H and O–H groups in total. The lowest BCUT2D eigenvalue weighted by molar-refractivity contribution is -0.140. The Hall–Kier alpha value is -3.61. The van der Waals surface area contributed by atoms with E-state index in [1.165, 1.54) is 48.5 Å². The molecule has 3 aromatic rings. The minimum absolute atomic E-state index is 0.0654. The Kier molecular flexibility index (Phi) is 8.08. The zero-order chi connectivity index (χ0) is 25.7. The molecule has 0 spiro atoms. The van der Waals surface area contributed by atoms with Crippen LogP contribution >= 0.6 is 0 Å². The van der Waals surface area contributed by atoms with Crippen molar-refractivity contribution in [1.82, 2.24) is 9.80 Å². The molecule has 2 amide bonds. The summed E-state index contributed by atoms with van der Waals surface area (Å²) in [6, 6.07) is 17.4. The lowest BCUT2D eigenvalue weighted by Crippen LogP contribution is -2.45. The molecular weight excluding hydrogens is 465 g/mol. The van der Waals surface area contributed by atoms with E-state index >= 15 is 0 Å². The van der Waals surface area contributed by atoms with Gasteiger partial charge in [-0.25, -0.2) is 13.2 Å². The summed E-state index contributed by atoms with van der Waals surface area (Å²) in [5.74, 6) is -1.68. The van der Waals surface area contributed by atoms with Gasteiger partial charge in [0.05, 0.1) is 6.04 Å². The third-order valence-corrected chi connectivity index (χ3v) is 6.77. The number of rotatable bonds is 7. The van der Waals surface area contributed by atoms with E-state index in [0.717, 1.165) is 5.56 Å². The van der Waals surface area contributed by atoms with Crippen LogP contribution in [0.5, 0.6) is 0 Å². The second kappa shape index (κ2) is 11.4. The Morgan fingerprint density at radius 2 is 1.50 bits per heavy atom. The molecule has 0 aromatic heterocycles. The predicted octanol–water partition coefficient (Wildman–Crippen LogP) is 6.14. The van der Waals surface area contributed by atoms with E-state index in [1.807, 2.05) is 6.92 Å². The molecule has 4 rings (SSSR count). The van der Waals surface area contributed by atoms with Gasteiger partial charge < -0.3 is 9.80 Å². The van der Waals surface area contributed by atoms with Gasteiger partial charge in [-0.15, -0.1) is 0 Å². The van der Waals surface area contributed by atoms with Crippen LogP contribution < -0.4 is 0 Å². The number of nitrogens with zero attached hydrogens (tertiary/aromatic N) is 2. The molecule has 0 aliphatic carbocycles. The molecule has 188 valence electrons. The number of amides is 2. The molecule has 4 nitrogen and oxygen atoms in total. The zero-order valence-electron chi connectivity index (χ0n) is 20.2. The molecule has 0 saturated carbocycles. The number of carbonyl (C=O) groups is 2. The molecular formula is C29H29F3N2O2. The highest BCUT2D eigenvalue weighted by molar-refractivity contribution is 5.94. The van der Waals surface area contributed by atoms with Crippen molar-refractivity contribution in [3.8, 4) is 0 Å². The number of hydrogen-bond acceptors (Lipinski definition) is 2. The lowest BCUT2D eigenvalue weighted by atomic mass is 9.92. The van der Waals surface area contributed by atoms with Crippen molar-refractivity contribution in [3.63, 3.8) is 0 Å². The Morgan fingerprint density at radius 3 is 2.08 bits per heavy atom. The van der Waals surface area contributed by atoms with Gasteiger partial charge in [0.2, 0.25) is 5.91 Å². The molecule has 1 aliphatic rings. The topological polar surface area (TPSA) is 40.6 Å². The first-order valence-electron chi connectivity index (χ1n) is 12.2. The molecule has 1 heterocycles. The zero-order valence-corrected chi connectivity index (χ0v) is 20.2. The van der Waals surface area contributed by atoms with Gasteiger partial charge in [-0.1, -0.05) is 31.2 Å². The first-order chi connectivity index (χ1) is 17.4. The van der Waals surface area contributed by atoms with Crippen molar-refractivity contribution in [2.45, 2.75) is 38.8 Å². The van der Waals surface area contributed by atoms with E-state index < -0.39 is 5.82 Å². The summed E-state index contributed by atoms with van der Waals surface area (Å²) in [5.41, 5.74) is 1.90. The summed E-state index contributed by atoms with van der Waals surface area (Å²) < 4.78 is 40.7. The van der Waals surface area contributed by atoms with Crippen LogP contribution in [0.1, 0.15) is 53.7 Å². The first kappa shape index (κ1) is 25.5. The van der Waals surface area contributed by atoms with Gasteiger partial charge in [-0.3, -0.25) is 9.59 Å². The molecule has 1 fully saturated rings. The fourth-order valence-electron chi connectivity index (χ4n) is 4.83. The molecule has 7 heteroatoms. The second-order valence-electron chi connectivity index (χ2n) is 9.15. The van der Waals surface area contributed by atoms with Crippen molar-refractivity contribution >= 4 is 11.8 Å². The standard InChI is InChI=1S/C29H29F3N2O2/c1-2-27(21-6-10-24(30)11-7-21)34(19-20-4-3-5-26(32)18-20)29(36)23-14-16-33(17-15-23)28(35)22-8-12-25(31)13-9-22/h3-13,18,23,27H,2,14-17,19H2,1H3. The summed E-state index contributed by atoms with van der Waals surface area (Å²) in [5, 5.41) is 0. The van der Waals surface area contributed by atoms with Gasteiger partial charge in [0.1, 0.15) is 17.5 Å². The third kappa shape index (κ3) is 5.96. The van der Waals surface area contributed by atoms with E-state index in [1.54, 1.807) is 34.1 Å². The number of carbonyl (C=O) groups excluding carboxylic acids is 2. The average molecular weight is 495 g/mol. The Morgan fingerprint density at radius 1 is 0.889 bits per heavy atom. The van der Waals surface area contributed by atoms with Crippen LogP contribution in [-0.2, 0) is 11.3 Å². The van der Waals surface area contributed by atoms with Crippen molar-refractivity contribution in [1.29, 1.82) is 0 Å². The maximum Gasteiger partial charge on any atom is 0.253 e. The maximum absolute atomic E-state index is 13.9. The molecule has 0 radical (unpaired) electrons. The lowest BCUT2D eigenvalue weighted by Gasteiger charge is -2.38. The van der Waals surface area contributed by atoms with Gasteiger partial charge >= 0.3 is 0 Å². The molecule has 3 aromatic carbocycles. The molecule has 36 heavy (non-hydrogen) atoms. The highest BCUT2D eigenvalue weighted by atomic mass is 19.1. The van der Waals surface area contributed by atoms with E-state index in [2.05, 4.69) is 0 Å². The molecule has 1 unspecified atom stereocenters. The third-order valence-electron chi connectivity index (χ3n) is 6.77. The van der Waals surface area contributed by atoms with Crippen molar-refractivity contribution in [2.75, 3.05) is 13.1 Å². The smallest absolute Gasteiger partial charge is 0.253 e. The van der Waals surface area contributed by atoms with Crippen LogP contribution in [0.4, 0.5) is 13.2 Å². The quantitative estimate of drug-likeness (QED) is 0.396. The highest BCUT2D eigenvalue weighted by Gasteiger charge is 2.33. The Labute approximate surface area is 209 Å². The summed E-state index contributed by atoms with van der Waals surface area (Å²) in [6.07, 6.45) is 1.59. The summed E-state index contributed by atoms with van der Waals surface area (Å²) in [7, 11) is 0. The van der Waals surface area contributed by atoms with Crippen LogP contribution in [0, 0.1) is 23.4 Å². The largest absolute Gasteiger partial charge is 0.339 e. The number of likely N-dealkylation sites (tertiary alicyclic amines) is 1. The highest BCUT2D eigenvalue weighted by Crippen LogP contribution is 2.31. The van der Waals surface area contributed by atoms with Crippen LogP contribution in [0.3, 0.4) is 0 Å². The summed E-state index contributed by atoms with van der Waals surface area (Å²) in [4.78, 5) is 30.1. The normalized spacial score (nSPS) is 14.9. The molecule has 1 atom stereocenters. The Balaban J connectivity index is 1.52. The summed E-state index contributed by atoms with van der Waals surface area (Å²) >= 11 is 0. The maximum atomic E-state index is 13.9. The monoisotopic (exact) mass is 494 g/mol. The van der Waals surface area contributed by atoms with Crippen molar-refractivity contribution in [3.05, 3.63) is 107 Å². The number of piperidine rings is 1. The minimum atomic E-state index is -0.402. The van der Waals surface area contributed by atoms with Gasteiger partial charge in [0, 0.05) is 31.1 Å². The SMILES string of the molecule is CCC(c1ccc(F)cc1)N(Cc1cccc(F)c1)C(=O)C1CCN(C(=O)c2ccc(F)cc2)CC1. The number of halogens is 3. The fraction of sp³-hybridized carbons (Fsp3) is 0.310. The average Bonchev–Trinajstić information content (AvgIpc) is 2.89. The fourth-order valence-corrected chi connectivity index (χ4v) is 4.83. The van der Waals surface area contributed by atoms with Crippen molar-refractivity contribution in [2.24, 2.45) is 5.92 Å². The van der Waals surface area contributed by atoms with Gasteiger partial charge in [0.25, 0.3) is 5.91 Å². The molecule has 1 aliphatic heterocycles. The first-order valence-corrected chi connectivity index (χ1v) is 12.2.